The number of likely N-dealkylation sites (N-methyl/N-ethyl adjacent to an activating group) is 1. The number of amides is 1. The summed E-state index contributed by atoms with van der Waals surface area (Å²) in [7, 11) is -6.12. The fourth-order valence-corrected chi connectivity index (χ4v) is 5.47. The first-order valence-electron chi connectivity index (χ1n) is 8.57. The third kappa shape index (κ3) is 4.08. The zero-order valence-corrected chi connectivity index (χ0v) is 16.2. The Morgan fingerprint density at radius 3 is 2.15 bits per heavy atom. The summed E-state index contributed by atoms with van der Waals surface area (Å²) in [6, 6.07) is 5.31. The topological polar surface area (TPSA) is 104 Å². The van der Waals surface area contributed by atoms with Crippen molar-refractivity contribution in [3.8, 4) is 0 Å². The van der Waals surface area contributed by atoms with Crippen molar-refractivity contribution in [2.24, 2.45) is 0 Å². The largest absolute Gasteiger partial charge is 0.352 e. The molecule has 0 aromatic heterocycles. The minimum atomic E-state index is -3.87. The summed E-state index contributed by atoms with van der Waals surface area (Å²) in [4.78, 5) is 11.8. The predicted octanol–water partition coefficient (Wildman–Crippen LogP) is 0.370. The lowest BCUT2D eigenvalue weighted by atomic mass is 10.4. The monoisotopic (exact) mass is 401 g/mol. The molecule has 1 saturated heterocycles. The maximum atomic E-state index is 12.6. The lowest BCUT2D eigenvalue weighted by Gasteiger charge is -2.18. The quantitative estimate of drug-likeness (QED) is 0.711. The number of rotatable bonds is 7. The van der Waals surface area contributed by atoms with Crippen molar-refractivity contribution in [2.45, 2.75) is 41.5 Å². The highest BCUT2D eigenvalue weighted by atomic mass is 32.2. The zero-order chi connectivity index (χ0) is 18.9. The lowest BCUT2D eigenvalue weighted by Crippen LogP contribution is -2.39. The van der Waals surface area contributed by atoms with Crippen molar-refractivity contribution < 1.29 is 21.6 Å². The van der Waals surface area contributed by atoms with E-state index in [4.69, 9.17) is 0 Å². The molecular formula is C16H23N3O5S2. The highest BCUT2D eigenvalue weighted by molar-refractivity contribution is 7.89. The van der Waals surface area contributed by atoms with Crippen molar-refractivity contribution in [3.05, 3.63) is 24.3 Å². The number of carbonyl (C=O) groups is 1. The number of nitrogens with zero attached hydrogens (tertiary/aromatic N) is 2. The smallest absolute Gasteiger partial charge is 0.243 e. The molecule has 1 aliphatic heterocycles. The van der Waals surface area contributed by atoms with Gasteiger partial charge in [-0.15, -0.1) is 0 Å². The highest BCUT2D eigenvalue weighted by Gasteiger charge is 2.29. The highest BCUT2D eigenvalue weighted by Crippen LogP contribution is 2.23. The minimum absolute atomic E-state index is 0.0420. The Balaban J connectivity index is 1.72. The molecule has 144 valence electrons. The van der Waals surface area contributed by atoms with E-state index in [0.717, 1.165) is 30.0 Å². The van der Waals surface area contributed by atoms with Crippen molar-refractivity contribution >= 4 is 26.0 Å². The van der Waals surface area contributed by atoms with Gasteiger partial charge < -0.3 is 5.32 Å². The molecule has 0 spiro atoms. The van der Waals surface area contributed by atoms with E-state index in [1.54, 1.807) is 0 Å². The number of carbonyl (C=O) groups excluding carboxylic acids is 1. The molecule has 2 aliphatic rings. The van der Waals surface area contributed by atoms with E-state index >= 15 is 0 Å². The maximum absolute atomic E-state index is 12.6. The molecule has 3 rings (SSSR count). The molecule has 26 heavy (non-hydrogen) atoms. The Hall–Kier alpha value is -1.49. The number of benzene rings is 1. The second-order valence-corrected chi connectivity index (χ2v) is 10.7. The standard InChI is InChI=1S/C16H23N3O5S2/c1-18(12-16(20)17-13-4-5-13)25(21,22)14-6-8-15(9-7-14)26(23,24)19-10-2-3-11-19/h6-9,13H,2-5,10-12H2,1H3,(H,17,20). The van der Waals surface area contributed by atoms with E-state index in [0.29, 0.717) is 13.1 Å². The van der Waals surface area contributed by atoms with E-state index < -0.39 is 20.0 Å². The van der Waals surface area contributed by atoms with Crippen LogP contribution in [-0.4, -0.2) is 64.1 Å². The number of nitrogens with one attached hydrogen (secondary N) is 1. The van der Waals surface area contributed by atoms with Crippen LogP contribution in [0, 0.1) is 0 Å². The summed E-state index contributed by atoms with van der Waals surface area (Å²) in [6.07, 6.45) is 3.52. The van der Waals surface area contributed by atoms with Gasteiger partial charge in [0, 0.05) is 26.2 Å². The summed E-state index contributed by atoms with van der Waals surface area (Å²) in [6.45, 7) is 0.703. The van der Waals surface area contributed by atoms with E-state index in [-0.39, 0.29) is 28.3 Å². The molecule has 10 heteroatoms. The third-order valence-corrected chi connectivity index (χ3v) is 8.27. The second-order valence-electron chi connectivity index (χ2n) is 6.69. The van der Waals surface area contributed by atoms with Crippen LogP contribution in [0.2, 0.25) is 0 Å². The predicted molar refractivity (Wildman–Crippen MR) is 95.4 cm³/mol. The zero-order valence-electron chi connectivity index (χ0n) is 14.6. The van der Waals surface area contributed by atoms with Crippen LogP contribution in [0.3, 0.4) is 0 Å². The molecule has 0 atom stereocenters. The van der Waals surface area contributed by atoms with Gasteiger partial charge in [-0.25, -0.2) is 16.8 Å². The molecule has 0 unspecified atom stereocenters. The number of hydrogen-bond donors (Lipinski definition) is 1. The summed E-state index contributed by atoms with van der Waals surface area (Å²) >= 11 is 0. The SMILES string of the molecule is CN(CC(=O)NC1CC1)S(=O)(=O)c1ccc(S(=O)(=O)N2CCCC2)cc1. The summed E-state index contributed by atoms with van der Waals surface area (Å²) < 4.78 is 52.5. The molecule has 1 aromatic rings. The molecule has 0 radical (unpaired) electrons. The Labute approximate surface area is 154 Å². The maximum Gasteiger partial charge on any atom is 0.243 e. The normalized spacial score (nSPS) is 19.0. The average molecular weight is 402 g/mol. The fourth-order valence-electron chi connectivity index (χ4n) is 2.83. The number of hydrogen-bond acceptors (Lipinski definition) is 5. The molecule has 1 heterocycles. The van der Waals surface area contributed by atoms with Gasteiger partial charge in [0.25, 0.3) is 0 Å². The van der Waals surface area contributed by atoms with E-state index in [9.17, 15) is 21.6 Å². The van der Waals surface area contributed by atoms with Gasteiger partial charge in [0.2, 0.25) is 26.0 Å². The van der Waals surface area contributed by atoms with Crippen LogP contribution in [0.15, 0.2) is 34.1 Å². The average Bonchev–Trinajstić information content (AvgIpc) is 3.22. The Bertz CT molecular complexity index is 871. The van der Waals surface area contributed by atoms with E-state index in [1.807, 2.05) is 0 Å². The van der Waals surface area contributed by atoms with Gasteiger partial charge in [0.1, 0.15) is 0 Å². The molecule has 1 N–H and O–H groups in total. The lowest BCUT2D eigenvalue weighted by molar-refractivity contribution is -0.121. The molecular weight excluding hydrogens is 378 g/mol. The van der Waals surface area contributed by atoms with Crippen LogP contribution in [0.4, 0.5) is 0 Å². The molecule has 2 fully saturated rings. The summed E-state index contributed by atoms with van der Waals surface area (Å²) in [5, 5.41) is 2.74. The van der Waals surface area contributed by atoms with Gasteiger partial charge in [0.15, 0.2) is 0 Å². The van der Waals surface area contributed by atoms with Gasteiger partial charge in [-0.3, -0.25) is 4.79 Å². The van der Waals surface area contributed by atoms with Crippen LogP contribution < -0.4 is 5.32 Å². The van der Waals surface area contributed by atoms with Gasteiger partial charge >= 0.3 is 0 Å². The van der Waals surface area contributed by atoms with Gasteiger partial charge in [0.05, 0.1) is 16.3 Å². The number of sulfonamides is 2. The first kappa shape index (κ1) is 19.3. The van der Waals surface area contributed by atoms with Crippen molar-refractivity contribution in [1.82, 2.24) is 13.9 Å². The molecule has 1 amide bonds. The van der Waals surface area contributed by atoms with Crippen LogP contribution in [0.25, 0.3) is 0 Å². The first-order valence-corrected chi connectivity index (χ1v) is 11.5. The van der Waals surface area contributed by atoms with Crippen LogP contribution in [-0.2, 0) is 24.8 Å². The van der Waals surface area contributed by atoms with Crippen molar-refractivity contribution in [3.63, 3.8) is 0 Å². The Morgan fingerprint density at radius 1 is 1.08 bits per heavy atom. The molecule has 8 nitrogen and oxygen atoms in total. The van der Waals surface area contributed by atoms with Gasteiger partial charge in [-0.2, -0.15) is 8.61 Å². The molecule has 1 saturated carbocycles. The Morgan fingerprint density at radius 2 is 1.62 bits per heavy atom. The molecule has 1 aromatic carbocycles. The second kappa shape index (κ2) is 7.26. The summed E-state index contributed by atoms with van der Waals surface area (Å²) in [5.74, 6) is -0.341. The van der Waals surface area contributed by atoms with E-state index in [2.05, 4.69) is 5.32 Å². The first-order chi connectivity index (χ1) is 12.2. The van der Waals surface area contributed by atoms with Crippen LogP contribution in [0.5, 0.6) is 0 Å². The summed E-state index contributed by atoms with van der Waals surface area (Å²) in [5.41, 5.74) is 0. The fraction of sp³-hybridized carbons (Fsp3) is 0.562. The third-order valence-electron chi connectivity index (χ3n) is 4.54. The van der Waals surface area contributed by atoms with E-state index in [1.165, 1.54) is 35.6 Å². The molecule has 0 bridgehead atoms. The van der Waals surface area contributed by atoms with Crippen LogP contribution >= 0.6 is 0 Å². The van der Waals surface area contributed by atoms with Crippen LogP contribution in [0.1, 0.15) is 25.7 Å². The molecule has 1 aliphatic carbocycles. The van der Waals surface area contributed by atoms with Crippen molar-refractivity contribution in [1.29, 1.82) is 0 Å². The van der Waals surface area contributed by atoms with Gasteiger partial charge in [-0.1, -0.05) is 0 Å². The minimum Gasteiger partial charge on any atom is -0.352 e. The van der Waals surface area contributed by atoms with Gasteiger partial charge in [-0.05, 0) is 49.9 Å². The Kier molecular flexibility index (Phi) is 5.38. The van der Waals surface area contributed by atoms with Crippen molar-refractivity contribution in [2.75, 3.05) is 26.7 Å².